The van der Waals surface area contributed by atoms with Gasteiger partial charge in [0.1, 0.15) is 6.07 Å². The third kappa shape index (κ3) is 1.76. The summed E-state index contributed by atoms with van der Waals surface area (Å²) in [5, 5.41) is 23.0. The molecule has 1 aromatic carbocycles. The number of aromatic hydroxyl groups is 1. The number of nitrogens with zero attached hydrogens (tertiary/aromatic N) is 3. The molecule has 0 aliphatic rings. The highest BCUT2D eigenvalue weighted by Crippen LogP contribution is 2.25. The minimum Gasteiger partial charge on any atom is -0.493 e. The standard InChI is InChI=1S/C13H13N3O/c1-8-4-5-9(2)12(6-8)16-13(17)10(3)11(7-14)15-16/h4-6,17H,1-3H3. The Balaban J connectivity index is 2.69. The first-order valence-corrected chi connectivity index (χ1v) is 5.31. The fourth-order valence-electron chi connectivity index (χ4n) is 1.71. The molecule has 0 unspecified atom stereocenters. The molecule has 0 atom stereocenters. The lowest BCUT2D eigenvalue weighted by Gasteiger charge is -2.08. The fourth-order valence-corrected chi connectivity index (χ4v) is 1.71. The molecule has 0 bridgehead atoms. The Hall–Kier alpha value is -2.28. The van der Waals surface area contributed by atoms with Crippen LogP contribution in [0.15, 0.2) is 18.2 Å². The summed E-state index contributed by atoms with van der Waals surface area (Å²) in [5.74, 6) is 0.0234. The largest absolute Gasteiger partial charge is 0.493 e. The van der Waals surface area contributed by atoms with Gasteiger partial charge in [-0.3, -0.25) is 0 Å². The van der Waals surface area contributed by atoms with E-state index in [9.17, 15) is 5.11 Å². The van der Waals surface area contributed by atoms with Gasteiger partial charge >= 0.3 is 0 Å². The van der Waals surface area contributed by atoms with Crippen molar-refractivity contribution >= 4 is 0 Å². The van der Waals surface area contributed by atoms with Crippen LogP contribution in [0.4, 0.5) is 0 Å². The number of hydrogen-bond acceptors (Lipinski definition) is 3. The average Bonchev–Trinajstić information content (AvgIpc) is 2.59. The van der Waals surface area contributed by atoms with E-state index in [1.165, 1.54) is 4.68 Å². The van der Waals surface area contributed by atoms with E-state index < -0.39 is 0 Å². The Morgan fingerprint density at radius 1 is 1.29 bits per heavy atom. The maximum absolute atomic E-state index is 9.97. The van der Waals surface area contributed by atoms with Gasteiger partial charge in [0.15, 0.2) is 5.69 Å². The van der Waals surface area contributed by atoms with Crippen LogP contribution in [0.2, 0.25) is 0 Å². The Bertz CT molecular complexity index is 620. The van der Waals surface area contributed by atoms with Crippen LogP contribution < -0.4 is 0 Å². The zero-order valence-electron chi connectivity index (χ0n) is 10.0. The molecule has 17 heavy (non-hydrogen) atoms. The molecule has 0 saturated carbocycles. The maximum atomic E-state index is 9.97. The number of aryl methyl sites for hydroxylation is 2. The van der Waals surface area contributed by atoms with E-state index in [-0.39, 0.29) is 11.6 Å². The van der Waals surface area contributed by atoms with E-state index in [0.29, 0.717) is 5.56 Å². The first kappa shape index (κ1) is 11.2. The zero-order valence-corrected chi connectivity index (χ0v) is 10.0. The summed E-state index contributed by atoms with van der Waals surface area (Å²) >= 11 is 0. The molecule has 1 N–H and O–H groups in total. The van der Waals surface area contributed by atoms with Crippen molar-refractivity contribution in [1.82, 2.24) is 9.78 Å². The molecular weight excluding hydrogens is 214 g/mol. The van der Waals surface area contributed by atoms with E-state index >= 15 is 0 Å². The molecular formula is C13H13N3O. The van der Waals surface area contributed by atoms with Gasteiger partial charge in [-0.05, 0) is 38.0 Å². The number of nitriles is 1. The summed E-state index contributed by atoms with van der Waals surface area (Å²) in [4.78, 5) is 0. The molecule has 1 aromatic heterocycles. The van der Waals surface area contributed by atoms with Gasteiger partial charge < -0.3 is 5.11 Å². The molecule has 0 amide bonds. The first-order chi connectivity index (χ1) is 8.04. The third-order valence-electron chi connectivity index (χ3n) is 2.79. The molecule has 1 heterocycles. The minimum atomic E-state index is 0.0234. The second kappa shape index (κ2) is 3.95. The number of rotatable bonds is 1. The highest BCUT2D eigenvalue weighted by Gasteiger charge is 2.15. The normalized spacial score (nSPS) is 10.2. The van der Waals surface area contributed by atoms with Gasteiger partial charge in [0, 0.05) is 5.56 Å². The molecule has 2 aromatic rings. The van der Waals surface area contributed by atoms with E-state index in [4.69, 9.17) is 5.26 Å². The van der Waals surface area contributed by atoms with Crippen molar-refractivity contribution in [2.45, 2.75) is 20.8 Å². The molecule has 86 valence electrons. The van der Waals surface area contributed by atoms with Crippen LogP contribution >= 0.6 is 0 Å². The van der Waals surface area contributed by atoms with Gasteiger partial charge in [0.05, 0.1) is 5.69 Å². The molecule has 0 aliphatic carbocycles. The minimum absolute atomic E-state index is 0.0234. The van der Waals surface area contributed by atoms with Crippen LogP contribution in [0, 0.1) is 32.1 Å². The van der Waals surface area contributed by atoms with Crippen LogP contribution in [0.25, 0.3) is 5.69 Å². The van der Waals surface area contributed by atoms with Gasteiger partial charge in [-0.15, -0.1) is 0 Å². The lowest BCUT2D eigenvalue weighted by atomic mass is 10.1. The van der Waals surface area contributed by atoms with Crippen molar-refractivity contribution in [3.8, 4) is 17.6 Å². The quantitative estimate of drug-likeness (QED) is 0.813. The smallest absolute Gasteiger partial charge is 0.218 e. The Morgan fingerprint density at radius 2 is 2.00 bits per heavy atom. The summed E-state index contributed by atoms with van der Waals surface area (Å²) in [7, 11) is 0. The summed E-state index contributed by atoms with van der Waals surface area (Å²) in [6, 6.07) is 7.86. The second-order valence-electron chi connectivity index (χ2n) is 4.11. The zero-order chi connectivity index (χ0) is 12.6. The maximum Gasteiger partial charge on any atom is 0.218 e. The number of aromatic nitrogens is 2. The predicted molar refractivity (Wildman–Crippen MR) is 64.2 cm³/mol. The highest BCUT2D eigenvalue weighted by atomic mass is 16.3. The SMILES string of the molecule is Cc1ccc(C)c(-n2nc(C#N)c(C)c2O)c1. The van der Waals surface area contributed by atoms with Crippen molar-refractivity contribution in [2.24, 2.45) is 0 Å². The Morgan fingerprint density at radius 3 is 2.59 bits per heavy atom. The van der Waals surface area contributed by atoms with E-state index in [0.717, 1.165) is 16.8 Å². The van der Waals surface area contributed by atoms with Gasteiger partial charge in [-0.1, -0.05) is 12.1 Å². The average molecular weight is 227 g/mol. The molecule has 4 nitrogen and oxygen atoms in total. The second-order valence-corrected chi connectivity index (χ2v) is 4.11. The van der Waals surface area contributed by atoms with Crippen molar-refractivity contribution < 1.29 is 5.11 Å². The van der Waals surface area contributed by atoms with Gasteiger partial charge in [0.25, 0.3) is 0 Å². The van der Waals surface area contributed by atoms with Gasteiger partial charge in [-0.2, -0.15) is 15.0 Å². The van der Waals surface area contributed by atoms with Crippen molar-refractivity contribution in [2.75, 3.05) is 0 Å². The Labute approximate surface area is 99.7 Å². The van der Waals surface area contributed by atoms with Crippen LogP contribution in [-0.4, -0.2) is 14.9 Å². The molecule has 0 fully saturated rings. The van der Waals surface area contributed by atoms with Crippen LogP contribution in [0.5, 0.6) is 5.88 Å². The highest BCUT2D eigenvalue weighted by molar-refractivity contribution is 5.48. The van der Waals surface area contributed by atoms with Gasteiger partial charge in [-0.25, -0.2) is 0 Å². The predicted octanol–water partition coefficient (Wildman–Crippen LogP) is 2.37. The molecule has 0 aliphatic heterocycles. The van der Waals surface area contributed by atoms with E-state index in [2.05, 4.69) is 5.10 Å². The molecule has 0 spiro atoms. The monoisotopic (exact) mass is 227 g/mol. The molecule has 0 saturated heterocycles. The third-order valence-corrected chi connectivity index (χ3v) is 2.79. The molecule has 4 heteroatoms. The van der Waals surface area contributed by atoms with E-state index in [1.807, 2.05) is 38.1 Å². The summed E-state index contributed by atoms with van der Waals surface area (Å²) in [6.45, 7) is 5.60. The number of hydrogen-bond donors (Lipinski definition) is 1. The van der Waals surface area contributed by atoms with Gasteiger partial charge in [0.2, 0.25) is 5.88 Å². The summed E-state index contributed by atoms with van der Waals surface area (Å²) < 4.78 is 1.41. The Kier molecular flexibility index (Phi) is 2.60. The van der Waals surface area contributed by atoms with Crippen LogP contribution in [-0.2, 0) is 0 Å². The molecule has 0 radical (unpaired) electrons. The first-order valence-electron chi connectivity index (χ1n) is 5.31. The lowest BCUT2D eigenvalue weighted by Crippen LogP contribution is -1.99. The summed E-state index contributed by atoms with van der Waals surface area (Å²) in [5.41, 5.74) is 3.64. The van der Waals surface area contributed by atoms with Crippen molar-refractivity contribution in [1.29, 1.82) is 5.26 Å². The van der Waals surface area contributed by atoms with Crippen molar-refractivity contribution in [3.05, 3.63) is 40.6 Å². The van der Waals surface area contributed by atoms with Crippen LogP contribution in [0.3, 0.4) is 0 Å². The lowest BCUT2D eigenvalue weighted by molar-refractivity contribution is 0.430. The topological polar surface area (TPSA) is 61.8 Å². The summed E-state index contributed by atoms with van der Waals surface area (Å²) in [6.07, 6.45) is 0. The molecule has 2 rings (SSSR count). The number of benzene rings is 1. The fraction of sp³-hybridized carbons (Fsp3) is 0.231. The van der Waals surface area contributed by atoms with E-state index in [1.54, 1.807) is 6.92 Å². The van der Waals surface area contributed by atoms with Crippen molar-refractivity contribution in [3.63, 3.8) is 0 Å². The van der Waals surface area contributed by atoms with Crippen LogP contribution in [0.1, 0.15) is 22.4 Å².